The molecule has 2 aliphatic heterocycles. The van der Waals surface area contributed by atoms with Crippen LogP contribution in [0.15, 0.2) is 39.6 Å². The second-order valence-electron chi connectivity index (χ2n) is 7.70. The molecule has 9 heteroatoms. The van der Waals surface area contributed by atoms with E-state index in [0.717, 1.165) is 20.9 Å². The van der Waals surface area contributed by atoms with Crippen LogP contribution in [0.5, 0.6) is 0 Å². The molecule has 2 N–H and O–H groups in total. The van der Waals surface area contributed by atoms with Gasteiger partial charge in [-0.05, 0) is 36.2 Å². The number of cyclic esters (lactones) is 1. The van der Waals surface area contributed by atoms with E-state index in [1.165, 1.54) is 0 Å². The summed E-state index contributed by atoms with van der Waals surface area (Å²) in [6.07, 6.45) is 0.236. The number of esters is 1. The minimum atomic E-state index is -1.40. The fourth-order valence-electron chi connectivity index (χ4n) is 4.50. The minimum absolute atomic E-state index is 0.138. The van der Waals surface area contributed by atoms with E-state index in [2.05, 4.69) is 21.2 Å². The average Bonchev–Trinajstić information content (AvgIpc) is 3.11. The highest BCUT2D eigenvalue weighted by Gasteiger charge is 2.47. The molecular formula is C22H18BrN3O5. The number of rotatable bonds is 4. The summed E-state index contributed by atoms with van der Waals surface area (Å²) >= 11 is 3.55. The molecule has 0 fully saturated rings. The van der Waals surface area contributed by atoms with Gasteiger partial charge in [0.2, 0.25) is 0 Å². The maximum absolute atomic E-state index is 13.4. The maximum atomic E-state index is 13.4. The fraction of sp³-hybridized carbons (Fsp3) is 0.273. The molecule has 1 atom stereocenters. The number of halogens is 1. The van der Waals surface area contributed by atoms with Crippen molar-refractivity contribution in [3.8, 4) is 11.4 Å². The number of ether oxygens (including phenoxy) is 1. The number of carbonyl (C=O) groups excluding carboxylic acids is 1. The lowest BCUT2D eigenvalue weighted by molar-refractivity contribution is -0.156. The maximum Gasteiger partial charge on any atom is 0.331 e. The average molecular weight is 484 g/mol. The van der Waals surface area contributed by atoms with Gasteiger partial charge in [0, 0.05) is 15.4 Å². The predicted molar refractivity (Wildman–Crippen MR) is 116 cm³/mol. The van der Waals surface area contributed by atoms with Crippen molar-refractivity contribution in [3.63, 3.8) is 0 Å². The molecule has 8 nitrogen and oxygen atoms in total. The molecule has 0 amide bonds. The van der Waals surface area contributed by atoms with Gasteiger partial charge in [0.05, 0.1) is 35.6 Å². The first-order chi connectivity index (χ1) is 14.9. The quantitative estimate of drug-likeness (QED) is 0.429. The summed E-state index contributed by atoms with van der Waals surface area (Å²) in [7, 11) is 0. The van der Waals surface area contributed by atoms with Crippen molar-refractivity contribution in [1.29, 1.82) is 0 Å². The Morgan fingerprint density at radius 1 is 1.35 bits per heavy atom. The van der Waals surface area contributed by atoms with Crippen LogP contribution >= 0.6 is 15.9 Å². The van der Waals surface area contributed by atoms with Gasteiger partial charge in [-0.25, -0.2) is 9.78 Å². The lowest BCUT2D eigenvalue weighted by atomic mass is 9.82. The number of hydrogen-bond acceptors (Lipinski definition) is 6. The van der Waals surface area contributed by atoms with Gasteiger partial charge in [0.25, 0.3) is 5.56 Å². The Labute approximate surface area is 185 Å². The van der Waals surface area contributed by atoms with Crippen molar-refractivity contribution in [2.45, 2.75) is 32.0 Å². The van der Waals surface area contributed by atoms with E-state index in [0.29, 0.717) is 29.1 Å². The number of fused-ring (bicyclic) bond motifs is 5. The van der Waals surface area contributed by atoms with Crippen LogP contribution in [-0.4, -0.2) is 33.1 Å². The summed E-state index contributed by atoms with van der Waals surface area (Å²) in [5, 5.41) is 12.9. The van der Waals surface area contributed by atoms with Gasteiger partial charge in [0.15, 0.2) is 0 Å². The van der Waals surface area contributed by atoms with Crippen LogP contribution in [0.25, 0.3) is 22.3 Å². The van der Waals surface area contributed by atoms with Crippen LogP contribution in [-0.2, 0) is 33.0 Å². The Hall–Kier alpha value is -3.04. The third-order valence-electron chi connectivity index (χ3n) is 6.08. The highest BCUT2D eigenvalue weighted by molar-refractivity contribution is 9.10. The molecule has 4 heterocycles. The Kier molecular flexibility index (Phi) is 4.49. The van der Waals surface area contributed by atoms with E-state index in [1.54, 1.807) is 17.6 Å². The summed E-state index contributed by atoms with van der Waals surface area (Å²) in [5.41, 5.74) is 2.18. The Balaban J connectivity index is 1.75. The molecule has 0 unspecified atom stereocenters. The molecule has 0 saturated carbocycles. The van der Waals surface area contributed by atoms with Crippen LogP contribution < -0.4 is 10.9 Å². The van der Waals surface area contributed by atoms with Crippen molar-refractivity contribution in [2.75, 3.05) is 6.54 Å². The fourth-order valence-corrected chi connectivity index (χ4v) is 4.97. The lowest BCUT2D eigenvalue weighted by Gasteiger charge is -2.36. The number of carbonyl (C=O) groups is 2. The van der Waals surface area contributed by atoms with Gasteiger partial charge in [-0.3, -0.25) is 14.9 Å². The Morgan fingerprint density at radius 3 is 2.90 bits per heavy atom. The number of aliphatic carboxylic acids is 1. The van der Waals surface area contributed by atoms with E-state index in [-0.39, 0.29) is 18.6 Å². The van der Waals surface area contributed by atoms with Crippen molar-refractivity contribution in [3.05, 3.63) is 61.8 Å². The van der Waals surface area contributed by atoms with Crippen LogP contribution in [0.3, 0.4) is 0 Å². The number of nitrogens with one attached hydrogen (secondary N) is 1. The van der Waals surface area contributed by atoms with Gasteiger partial charge < -0.3 is 14.4 Å². The largest absolute Gasteiger partial charge is 0.480 e. The highest BCUT2D eigenvalue weighted by atomic mass is 79.9. The van der Waals surface area contributed by atoms with E-state index in [1.807, 2.05) is 24.3 Å². The molecule has 2 aliphatic rings. The summed E-state index contributed by atoms with van der Waals surface area (Å²) < 4.78 is 7.87. The number of hydrogen-bond donors (Lipinski definition) is 2. The third-order valence-corrected chi connectivity index (χ3v) is 6.78. The van der Waals surface area contributed by atoms with E-state index >= 15 is 0 Å². The van der Waals surface area contributed by atoms with E-state index in [4.69, 9.17) is 14.8 Å². The Bertz CT molecular complexity index is 1350. The smallest absolute Gasteiger partial charge is 0.331 e. The van der Waals surface area contributed by atoms with E-state index < -0.39 is 24.0 Å². The highest BCUT2D eigenvalue weighted by Crippen LogP contribution is 2.39. The molecular weight excluding hydrogens is 466 g/mol. The minimum Gasteiger partial charge on any atom is -0.480 e. The summed E-state index contributed by atoms with van der Waals surface area (Å²) in [4.78, 5) is 42.1. The standard InChI is InChI=1S/C22H18BrN3O5/c1-2-22(24-8-18(27)28)14-7-17-19-11(6-12-15(23)4-3-5-16(12)25-19)9-26(17)20(29)13(14)10-31-21(22)30/h3-7,24H,2,8-10H2,1H3,(H,27,28)/t22-/m0/s1. The van der Waals surface area contributed by atoms with Crippen molar-refractivity contribution in [2.24, 2.45) is 0 Å². The zero-order chi connectivity index (χ0) is 21.9. The second-order valence-corrected chi connectivity index (χ2v) is 8.55. The zero-order valence-electron chi connectivity index (χ0n) is 16.6. The van der Waals surface area contributed by atoms with Crippen LogP contribution in [0.1, 0.15) is 30.0 Å². The monoisotopic (exact) mass is 483 g/mol. The first-order valence-electron chi connectivity index (χ1n) is 9.85. The van der Waals surface area contributed by atoms with Gasteiger partial charge in [-0.1, -0.05) is 28.9 Å². The van der Waals surface area contributed by atoms with Crippen LogP contribution in [0.4, 0.5) is 0 Å². The molecule has 3 aromatic rings. The number of aromatic nitrogens is 2. The molecule has 31 heavy (non-hydrogen) atoms. The first kappa shape index (κ1) is 19.9. The number of pyridine rings is 2. The normalized spacial score (nSPS) is 19.0. The van der Waals surface area contributed by atoms with Gasteiger partial charge >= 0.3 is 11.9 Å². The predicted octanol–water partition coefficient (Wildman–Crippen LogP) is 2.52. The van der Waals surface area contributed by atoms with Crippen LogP contribution in [0.2, 0.25) is 0 Å². The summed E-state index contributed by atoms with van der Waals surface area (Å²) in [6.45, 7) is 1.55. The van der Waals surface area contributed by atoms with E-state index in [9.17, 15) is 14.4 Å². The van der Waals surface area contributed by atoms with Gasteiger partial charge in [0.1, 0.15) is 12.1 Å². The molecule has 0 spiro atoms. The van der Waals surface area contributed by atoms with Gasteiger partial charge in [-0.15, -0.1) is 0 Å². The SMILES string of the molecule is CC[C@@]1(NCC(=O)O)C(=O)OCc2c1cc1n(c2=O)Cc2cc3c(Br)cccc3nc2-1. The van der Waals surface area contributed by atoms with Crippen molar-refractivity contribution < 1.29 is 19.4 Å². The zero-order valence-corrected chi connectivity index (χ0v) is 18.2. The lowest BCUT2D eigenvalue weighted by Crippen LogP contribution is -2.55. The number of benzene rings is 1. The first-order valence-corrected chi connectivity index (χ1v) is 10.6. The molecule has 5 rings (SSSR count). The molecule has 1 aromatic carbocycles. The Morgan fingerprint density at radius 2 is 2.16 bits per heavy atom. The van der Waals surface area contributed by atoms with Crippen LogP contribution in [0, 0.1) is 0 Å². The number of carboxylic acid groups (broad SMARTS) is 1. The van der Waals surface area contributed by atoms with Crippen molar-refractivity contribution >= 4 is 38.8 Å². The van der Waals surface area contributed by atoms with Crippen molar-refractivity contribution in [1.82, 2.24) is 14.9 Å². The summed E-state index contributed by atoms with van der Waals surface area (Å²) in [5.74, 6) is -1.68. The molecule has 158 valence electrons. The topological polar surface area (TPSA) is 111 Å². The third kappa shape index (κ3) is 2.84. The molecule has 0 saturated heterocycles. The molecule has 0 radical (unpaired) electrons. The number of nitrogens with zero attached hydrogens (tertiary/aromatic N) is 2. The second kappa shape index (κ2) is 7.00. The molecule has 0 bridgehead atoms. The molecule has 2 aromatic heterocycles. The van der Waals surface area contributed by atoms with Gasteiger partial charge in [-0.2, -0.15) is 0 Å². The molecule has 0 aliphatic carbocycles. The summed E-state index contributed by atoms with van der Waals surface area (Å²) in [6, 6.07) is 9.55. The number of carboxylic acids is 1.